The number of esters is 2. The van der Waals surface area contributed by atoms with E-state index >= 15 is 0 Å². The van der Waals surface area contributed by atoms with Crippen molar-refractivity contribution in [3.05, 3.63) is 35.9 Å². The molecule has 15 heteroatoms. The van der Waals surface area contributed by atoms with E-state index in [-0.39, 0.29) is 30.7 Å². The number of aliphatic hydroxyl groups excluding tert-OH is 1. The fourth-order valence-electron chi connectivity index (χ4n) is 12.2. The van der Waals surface area contributed by atoms with E-state index in [0.29, 0.717) is 31.7 Å². The Bertz CT molecular complexity index is 1510. The Morgan fingerprint density at radius 2 is 1.49 bits per heavy atom. The Labute approximate surface area is 309 Å². The SMILES string of the molecule is CC(=O)O.CC(=O)O.CCN1C[C@]2(COC)C(O)CC(OC)C34[C@@H]5C[C@]6(O)C(OC)C[C@](OC(C)=O)(C(C(OC)[C@@H]32)[C@@H]14)[C@H]5C6OC(=O)c1ccccc1. The van der Waals surface area contributed by atoms with E-state index in [1.807, 2.05) is 6.07 Å². The number of benzene rings is 1. The fourth-order valence-corrected chi connectivity index (χ4v) is 12.2. The summed E-state index contributed by atoms with van der Waals surface area (Å²) < 4.78 is 37.9. The normalized spacial score (nSPS) is 42.6. The first kappa shape index (κ1) is 41.0. The standard InChI is InChI=1S/C34H47NO10.2C2H4O2/c1-7-35-16-31(17-40-3)21(37)13-22(41-4)34-20-14-32(39)23(42-5)15-33(45-18(2)36,25(28(34)35)26(43-6)27(31)34)24(20)29(32)44-30(38)19-11-9-8-10-12-19;2*1-2(3)4/h8-12,20-29,37,39H,7,13-17H2,1-6H3;2*1H3,(H,3,4)/t20-,21?,22?,23?,24-,25?,26?,27-,28-,29?,31+,32+,33-,34?;;/m1../s1. The van der Waals surface area contributed by atoms with Gasteiger partial charge in [0.2, 0.25) is 0 Å². The summed E-state index contributed by atoms with van der Waals surface area (Å²) in [5.74, 6) is -4.22. The molecule has 1 aliphatic heterocycles. The van der Waals surface area contributed by atoms with Gasteiger partial charge in [-0.2, -0.15) is 0 Å². The van der Waals surface area contributed by atoms with Gasteiger partial charge in [0, 0.05) is 103 Å². The number of carboxylic acid groups (broad SMARTS) is 2. The molecule has 5 saturated carbocycles. The number of carbonyl (C=O) groups is 4. The summed E-state index contributed by atoms with van der Waals surface area (Å²) in [6.07, 6.45) is -2.55. The maximum Gasteiger partial charge on any atom is 0.338 e. The van der Waals surface area contributed by atoms with E-state index in [9.17, 15) is 19.8 Å². The number of carbonyl (C=O) groups excluding carboxylic acids is 2. The Balaban J connectivity index is 0.000000617. The molecule has 7 bridgehead atoms. The highest BCUT2D eigenvalue weighted by molar-refractivity contribution is 5.89. The van der Waals surface area contributed by atoms with Gasteiger partial charge in [0.1, 0.15) is 17.3 Å². The van der Waals surface area contributed by atoms with Gasteiger partial charge in [-0.25, -0.2) is 4.79 Å². The van der Waals surface area contributed by atoms with Crippen molar-refractivity contribution >= 4 is 23.9 Å². The summed E-state index contributed by atoms with van der Waals surface area (Å²) in [4.78, 5) is 47.3. The van der Waals surface area contributed by atoms with E-state index in [1.165, 1.54) is 6.92 Å². The summed E-state index contributed by atoms with van der Waals surface area (Å²) in [5.41, 5.74) is -3.74. The number of ether oxygens (including phenoxy) is 6. The Hall–Kier alpha value is -3.18. The van der Waals surface area contributed by atoms with Gasteiger partial charge in [-0.3, -0.25) is 19.3 Å². The third-order valence-corrected chi connectivity index (χ3v) is 13.1. The first-order valence-corrected chi connectivity index (χ1v) is 18.1. The number of aliphatic hydroxyl groups is 2. The summed E-state index contributed by atoms with van der Waals surface area (Å²) in [5, 5.41) is 39.6. The smallest absolute Gasteiger partial charge is 0.338 e. The fraction of sp³-hybridized carbons (Fsp3) is 0.737. The van der Waals surface area contributed by atoms with Gasteiger partial charge < -0.3 is 48.8 Å². The first-order chi connectivity index (χ1) is 25.0. The largest absolute Gasteiger partial charge is 0.481 e. The number of aliphatic carboxylic acids is 2. The molecule has 296 valence electrons. The first-order valence-electron chi connectivity index (χ1n) is 18.1. The molecule has 15 nitrogen and oxygen atoms in total. The van der Waals surface area contributed by atoms with Crippen molar-refractivity contribution in [3.8, 4) is 0 Å². The summed E-state index contributed by atoms with van der Waals surface area (Å²) >= 11 is 0. The van der Waals surface area contributed by atoms with Crippen LogP contribution in [0.2, 0.25) is 0 Å². The van der Waals surface area contributed by atoms with Crippen molar-refractivity contribution in [2.24, 2.45) is 34.5 Å². The molecule has 1 aromatic rings. The van der Waals surface area contributed by atoms with Gasteiger partial charge in [-0.15, -0.1) is 0 Å². The Morgan fingerprint density at radius 1 is 0.887 bits per heavy atom. The molecule has 0 aromatic heterocycles. The molecule has 53 heavy (non-hydrogen) atoms. The average molecular weight is 750 g/mol. The highest BCUT2D eigenvalue weighted by Gasteiger charge is 2.90. The minimum absolute atomic E-state index is 0.163. The zero-order valence-electron chi connectivity index (χ0n) is 31.7. The highest BCUT2D eigenvalue weighted by Crippen LogP contribution is 2.80. The molecule has 6 fully saturated rings. The summed E-state index contributed by atoms with van der Waals surface area (Å²) in [6, 6.07) is 8.56. The maximum absolute atomic E-state index is 13.7. The van der Waals surface area contributed by atoms with Gasteiger partial charge in [-0.05, 0) is 31.0 Å². The summed E-state index contributed by atoms with van der Waals surface area (Å²) in [7, 11) is 6.58. The number of nitrogens with zero attached hydrogens (tertiary/aromatic N) is 1. The van der Waals surface area contributed by atoms with Crippen molar-refractivity contribution in [2.45, 2.75) is 94.7 Å². The second-order valence-electron chi connectivity index (χ2n) is 15.4. The van der Waals surface area contributed by atoms with Crippen molar-refractivity contribution < 1.29 is 68.0 Å². The van der Waals surface area contributed by atoms with E-state index in [0.717, 1.165) is 13.8 Å². The lowest BCUT2D eigenvalue weighted by atomic mass is 9.42. The van der Waals surface area contributed by atoms with Crippen LogP contribution in [-0.4, -0.2) is 145 Å². The molecule has 7 unspecified atom stereocenters. The molecular weight excluding hydrogens is 694 g/mol. The van der Waals surface area contributed by atoms with Crippen molar-refractivity contribution in [3.63, 3.8) is 0 Å². The molecule has 14 atom stereocenters. The molecule has 1 aromatic carbocycles. The molecule has 1 saturated heterocycles. The zero-order chi connectivity index (χ0) is 39.3. The van der Waals surface area contributed by atoms with Gasteiger partial charge in [0.05, 0.1) is 36.6 Å². The lowest BCUT2D eigenvalue weighted by Gasteiger charge is -2.70. The number of fused-ring (bicyclic) bond motifs is 2. The monoisotopic (exact) mass is 749 g/mol. The van der Waals surface area contributed by atoms with Crippen LogP contribution in [-0.2, 0) is 42.8 Å². The lowest BCUT2D eigenvalue weighted by molar-refractivity contribution is -0.300. The number of likely N-dealkylation sites (tertiary alicyclic amines) is 1. The van der Waals surface area contributed by atoms with Crippen LogP contribution in [0.5, 0.6) is 0 Å². The molecule has 1 heterocycles. The van der Waals surface area contributed by atoms with E-state index in [2.05, 4.69) is 11.8 Å². The van der Waals surface area contributed by atoms with Gasteiger partial charge in [0.25, 0.3) is 11.9 Å². The van der Waals surface area contributed by atoms with Crippen LogP contribution in [0, 0.1) is 34.5 Å². The molecule has 5 aliphatic carbocycles. The van der Waals surface area contributed by atoms with Crippen LogP contribution >= 0.6 is 0 Å². The van der Waals surface area contributed by atoms with Crippen LogP contribution in [0.4, 0.5) is 0 Å². The average Bonchev–Trinajstić information content (AvgIpc) is 3.46. The van der Waals surface area contributed by atoms with Crippen LogP contribution < -0.4 is 0 Å². The molecule has 6 aliphatic rings. The van der Waals surface area contributed by atoms with Gasteiger partial charge >= 0.3 is 11.9 Å². The Morgan fingerprint density at radius 3 is 2.00 bits per heavy atom. The van der Waals surface area contributed by atoms with Crippen LogP contribution in [0.3, 0.4) is 0 Å². The molecule has 7 rings (SSSR count). The molecular formula is C38H55NO14. The quantitative estimate of drug-likeness (QED) is 0.266. The maximum atomic E-state index is 13.7. The Kier molecular flexibility index (Phi) is 11.7. The molecule has 4 N–H and O–H groups in total. The minimum atomic E-state index is -1.55. The number of hydrogen-bond acceptors (Lipinski definition) is 13. The molecule has 1 spiro atoms. The second kappa shape index (κ2) is 15.2. The van der Waals surface area contributed by atoms with Gasteiger partial charge in [-0.1, -0.05) is 25.1 Å². The topological polar surface area (TPSA) is 208 Å². The van der Waals surface area contributed by atoms with Crippen LogP contribution in [0.15, 0.2) is 30.3 Å². The lowest BCUT2D eigenvalue weighted by Crippen LogP contribution is -2.79. The predicted molar refractivity (Wildman–Crippen MR) is 186 cm³/mol. The molecule has 0 amide bonds. The third kappa shape index (κ3) is 6.07. The number of hydrogen-bond donors (Lipinski definition) is 4. The van der Waals surface area contributed by atoms with Gasteiger partial charge in [0.15, 0.2) is 0 Å². The number of rotatable bonds is 9. The van der Waals surface area contributed by atoms with Crippen LogP contribution in [0.25, 0.3) is 0 Å². The van der Waals surface area contributed by atoms with Crippen molar-refractivity contribution in [1.82, 2.24) is 4.90 Å². The molecule has 0 radical (unpaired) electrons. The summed E-state index contributed by atoms with van der Waals surface area (Å²) in [6.45, 7) is 7.25. The van der Waals surface area contributed by atoms with Crippen molar-refractivity contribution in [2.75, 3.05) is 48.1 Å². The van der Waals surface area contributed by atoms with Crippen molar-refractivity contribution in [1.29, 1.82) is 0 Å². The highest BCUT2D eigenvalue weighted by atomic mass is 16.6. The third-order valence-electron chi connectivity index (χ3n) is 13.1. The number of piperidine rings is 1. The van der Waals surface area contributed by atoms with E-state index in [1.54, 1.807) is 52.7 Å². The van der Waals surface area contributed by atoms with E-state index < -0.39 is 88.3 Å². The van der Waals surface area contributed by atoms with E-state index in [4.69, 9.17) is 48.2 Å². The number of methoxy groups -OCH3 is 4. The zero-order valence-corrected chi connectivity index (χ0v) is 31.7. The predicted octanol–water partition coefficient (Wildman–Crippen LogP) is 1.86. The second-order valence-corrected chi connectivity index (χ2v) is 15.4. The minimum Gasteiger partial charge on any atom is -0.481 e. The number of carboxylic acids is 2. The van der Waals surface area contributed by atoms with Crippen LogP contribution in [0.1, 0.15) is 57.3 Å².